The SMILES string of the molecule is O=C(O)c1ccc2c(c1)N(c1ccccc1)C(=O)C2. The van der Waals surface area contributed by atoms with E-state index in [1.165, 1.54) is 6.07 Å². The summed E-state index contributed by atoms with van der Waals surface area (Å²) in [5.74, 6) is -1.03. The second kappa shape index (κ2) is 4.24. The zero-order valence-corrected chi connectivity index (χ0v) is 10.0. The third-order valence-corrected chi connectivity index (χ3v) is 3.18. The fourth-order valence-electron chi connectivity index (χ4n) is 2.29. The van der Waals surface area contributed by atoms with E-state index in [4.69, 9.17) is 5.11 Å². The molecular weight excluding hydrogens is 242 g/mol. The number of hydrogen-bond acceptors (Lipinski definition) is 2. The van der Waals surface area contributed by atoms with Gasteiger partial charge >= 0.3 is 5.97 Å². The second-order valence-electron chi connectivity index (χ2n) is 4.39. The van der Waals surface area contributed by atoms with Crippen molar-refractivity contribution < 1.29 is 14.7 Å². The van der Waals surface area contributed by atoms with E-state index in [0.29, 0.717) is 12.1 Å². The lowest BCUT2D eigenvalue weighted by Gasteiger charge is -2.17. The van der Waals surface area contributed by atoms with Crippen LogP contribution in [0.15, 0.2) is 48.5 Å². The van der Waals surface area contributed by atoms with Crippen LogP contribution >= 0.6 is 0 Å². The molecule has 3 rings (SSSR count). The minimum atomic E-state index is -0.991. The van der Waals surface area contributed by atoms with Gasteiger partial charge in [-0.2, -0.15) is 0 Å². The van der Waals surface area contributed by atoms with Gasteiger partial charge in [-0.1, -0.05) is 24.3 Å². The number of aromatic carboxylic acids is 1. The van der Waals surface area contributed by atoms with E-state index in [9.17, 15) is 9.59 Å². The number of carbonyl (C=O) groups is 2. The first-order valence-electron chi connectivity index (χ1n) is 5.91. The Morgan fingerprint density at radius 1 is 1.11 bits per heavy atom. The molecule has 0 radical (unpaired) electrons. The first-order valence-corrected chi connectivity index (χ1v) is 5.91. The highest BCUT2D eigenvalue weighted by molar-refractivity contribution is 6.08. The van der Waals surface area contributed by atoms with Crippen LogP contribution in [0.5, 0.6) is 0 Å². The van der Waals surface area contributed by atoms with Gasteiger partial charge < -0.3 is 5.11 Å². The Hall–Kier alpha value is -2.62. The summed E-state index contributed by atoms with van der Waals surface area (Å²) in [6.07, 6.45) is 0.310. The summed E-state index contributed by atoms with van der Waals surface area (Å²) in [6, 6.07) is 14.0. The lowest BCUT2D eigenvalue weighted by Crippen LogP contribution is -2.20. The van der Waals surface area contributed by atoms with E-state index in [-0.39, 0.29) is 11.5 Å². The maximum absolute atomic E-state index is 12.1. The molecule has 2 aromatic carbocycles. The molecule has 1 amide bonds. The smallest absolute Gasteiger partial charge is 0.335 e. The molecule has 0 aliphatic carbocycles. The summed E-state index contributed by atoms with van der Waals surface area (Å²) in [6.45, 7) is 0. The molecule has 0 atom stereocenters. The molecule has 0 unspecified atom stereocenters. The molecule has 1 N–H and O–H groups in total. The van der Waals surface area contributed by atoms with Gasteiger partial charge in [0.25, 0.3) is 0 Å². The molecule has 1 aliphatic heterocycles. The molecule has 0 spiro atoms. The lowest BCUT2D eigenvalue weighted by atomic mass is 10.1. The van der Waals surface area contributed by atoms with Gasteiger partial charge in [0.05, 0.1) is 17.7 Å². The number of fused-ring (bicyclic) bond motifs is 1. The van der Waals surface area contributed by atoms with E-state index < -0.39 is 5.97 Å². The molecule has 19 heavy (non-hydrogen) atoms. The molecule has 0 bridgehead atoms. The van der Waals surface area contributed by atoms with Crippen molar-refractivity contribution >= 4 is 23.3 Å². The van der Waals surface area contributed by atoms with Crippen LogP contribution in [0.25, 0.3) is 0 Å². The van der Waals surface area contributed by atoms with Crippen molar-refractivity contribution in [3.63, 3.8) is 0 Å². The van der Waals surface area contributed by atoms with Gasteiger partial charge in [-0.3, -0.25) is 9.69 Å². The van der Waals surface area contributed by atoms with Gasteiger partial charge in [0, 0.05) is 5.69 Å². The van der Waals surface area contributed by atoms with E-state index >= 15 is 0 Å². The van der Waals surface area contributed by atoms with Crippen molar-refractivity contribution in [1.29, 1.82) is 0 Å². The molecule has 1 heterocycles. The van der Waals surface area contributed by atoms with Crippen molar-refractivity contribution in [2.24, 2.45) is 0 Å². The Balaban J connectivity index is 2.13. The van der Waals surface area contributed by atoms with Crippen molar-refractivity contribution in [1.82, 2.24) is 0 Å². The fraction of sp³-hybridized carbons (Fsp3) is 0.0667. The van der Waals surface area contributed by atoms with Gasteiger partial charge in [-0.25, -0.2) is 4.79 Å². The summed E-state index contributed by atoms with van der Waals surface area (Å²) in [5, 5.41) is 9.04. The topological polar surface area (TPSA) is 57.6 Å². The maximum Gasteiger partial charge on any atom is 0.335 e. The zero-order chi connectivity index (χ0) is 13.4. The average molecular weight is 253 g/mol. The number of amides is 1. The van der Waals surface area contributed by atoms with Gasteiger partial charge in [-0.15, -0.1) is 0 Å². The quantitative estimate of drug-likeness (QED) is 0.895. The molecular formula is C15H11NO3. The van der Waals surface area contributed by atoms with Gasteiger partial charge in [0.2, 0.25) is 5.91 Å². The van der Waals surface area contributed by atoms with E-state index in [1.54, 1.807) is 17.0 Å². The van der Waals surface area contributed by atoms with Gasteiger partial charge in [-0.05, 0) is 29.8 Å². The highest BCUT2D eigenvalue weighted by atomic mass is 16.4. The monoisotopic (exact) mass is 253 g/mol. The number of benzene rings is 2. The van der Waals surface area contributed by atoms with Crippen LogP contribution in [-0.4, -0.2) is 17.0 Å². The number of hydrogen-bond donors (Lipinski definition) is 1. The minimum Gasteiger partial charge on any atom is -0.478 e. The number of para-hydroxylation sites is 1. The Morgan fingerprint density at radius 3 is 2.53 bits per heavy atom. The number of carboxylic acids is 1. The molecule has 0 saturated carbocycles. The Morgan fingerprint density at radius 2 is 1.84 bits per heavy atom. The maximum atomic E-state index is 12.1. The lowest BCUT2D eigenvalue weighted by molar-refractivity contribution is -0.116. The molecule has 2 aromatic rings. The molecule has 0 saturated heterocycles. The van der Waals surface area contributed by atoms with Gasteiger partial charge in [0.1, 0.15) is 0 Å². The summed E-state index contributed by atoms with van der Waals surface area (Å²) >= 11 is 0. The standard InChI is InChI=1S/C15H11NO3/c17-14-9-10-6-7-11(15(18)19)8-13(10)16(14)12-4-2-1-3-5-12/h1-8H,9H2,(H,18,19). The van der Waals surface area contributed by atoms with Crippen molar-refractivity contribution in [2.75, 3.05) is 4.90 Å². The number of anilines is 2. The normalized spacial score (nSPS) is 13.5. The van der Waals surface area contributed by atoms with Crippen LogP contribution < -0.4 is 4.90 Å². The third-order valence-electron chi connectivity index (χ3n) is 3.18. The van der Waals surface area contributed by atoms with E-state index in [1.807, 2.05) is 30.3 Å². The number of carbonyl (C=O) groups excluding carboxylic acids is 1. The molecule has 4 nitrogen and oxygen atoms in total. The summed E-state index contributed by atoms with van der Waals surface area (Å²) < 4.78 is 0. The summed E-state index contributed by atoms with van der Waals surface area (Å²) in [4.78, 5) is 24.7. The largest absolute Gasteiger partial charge is 0.478 e. The van der Waals surface area contributed by atoms with Crippen LogP contribution in [0.1, 0.15) is 15.9 Å². The Labute approximate surface area is 109 Å². The van der Waals surface area contributed by atoms with Crippen molar-refractivity contribution in [2.45, 2.75) is 6.42 Å². The van der Waals surface area contributed by atoms with Gasteiger partial charge in [0.15, 0.2) is 0 Å². The highest BCUT2D eigenvalue weighted by Gasteiger charge is 2.29. The molecule has 0 fully saturated rings. The zero-order valence-electron chi connectivity index (χ0n) is 10.0. The molecule has 4 heteroatoms. The Bertz CT molecular complexity index is 664. The van der Waals surface area contributed by atoms with Crippen molar-refractivity contribution in [3.05, 3.63) is 59.7 Å². The number of carboxylic acid groups (broad SMARTS) is 1. The predicted molar refractivity (Wildman–Crippen MR) is 70.7 cm³/mol. The van der Waals surface area contributed by atoms with Crippen LogP contribution in [0.2, 0.25) is 0 Å². The van der Waals surface area contributed by atoms with Crippen LogP contribution in [0.3, 0.4) is 0 Å². The molecule has 1 aliphatic rings. The number of nitrogens with zero attached hydrogens (tertiary/aromatic N) is 1. The number of rotatable bonds is 2. The Kier molecular flexibility index (Phi) is 2.56. The highest BCUT2D eigenvalue weighted by Crippen LogP contribution is 2.35. The first-order chi connectivity index (χ1) is 9.16. The van der Waals surface area contributed by atoms with E-state index in [0.717, 1.165) is 11.3 Å². The van der Waals surface area contributed by atoms with E-state index in [2.05, 4.69) is 0 Å². The molecule has 0 aromatic heterocycles. The first kappa shape index (κ1) is 11.5. The van der Waals surface area contributed by atoms with Crippen molar-refractivity contribution in [3.8, 4) is 0 Å². The second-order valence-corrected chi connectivity index (χ2v) is 4.39. The third kappa shape index (κ3) is 1.87. The average Bonchev–Trinajstić information content (AvgIpc) is 2.74. The van der Waals surface area contributed by atoms with Crippen LogP contribution in [-0.2, 0) is 11.2 Å². The van der Waals surface area contributed by atoms with Crippen LogP contribution in [0.4, 0.5) is 11.4 Å². The van der Waals surface area contributed by atoms with Crippen LogP contribution in [0, 0.1) is 0 Å². The summed E-state index contributed by atoms with van der Waals surface area (Å²) in [5.41, 5.74) is 2.47. The summed E-state index contributed by atoms with van der Waals surface area (Å²) in [7, 11) is 0. The predicted octanol–water partition coefficient (Wildman–Crippen LogP) is 2.61. The minimum absolute atomic E-state index is 0.0382. The fourth-order valence-corrected chi connectivity index (χ4v) is 2.29. The molecule has 94 valence electrons.